The summed E-state index contributed by atoms with van der Waals surface area (Å²) in [6, 6.07) is 9.78. The number of nitrogens with one attached hydrogen (secondary N) is 1. The Balaban J connectivity index is 1.42. The lowest BCUT2D eigenvalue weighted by atomic mass is 10.1. The third kappa shape index (κ3) is 4.13. The van der Waals surface area contributed by atoms with Gasteiger partial charge in [-0.3, -0.25) is 0 Å². The van der Waals surface area contributed by atoms with Crippen molar-refractivity contribution in [2.45, 2.75) is 45.4 Å². The average Bonchev–Trinajstić information content (AvgIpc) is 3.23. The van der Waals surface area contributed by atoms with E-state index in [1.807, 2.05) is 42.9 Å². The molecule has 5 rings (SSSR count). The summed E-state index contributed by atoms with van der Waals surface area (Å²) < 4.78 is 3.83. The fourth-order valence-corrected chi connectivity index (χ4v) is 3.76. The maximum absolute atomic E-state index is 10.2. The van der Waals surface area contributed by atoms with E-state index >= 15 is 0 Å². The van der Waals surface area contributed by atoms with Crippen molar-refractivity contribution < 1.29 is 5.11 Å². The molecule has 1 fully saturated rings. The number of halogens is 1. The zero-order valence-corrected chi connectivity index (χ0v) is 18.2. The number of rotatable bonds is 7. The lowest BCUT2D eigenvalue weighted by Crippen LogP contribution is -2.17. The molecule has 1 saturated carbocycles. The van der Waals surface area contributed by atoms with Crippen molar-refractivity contribution in [1.82, 2.24) is 29.3 Å². The van der Waals surface area contributed by atoms with Gasteiger partial charge in [-0.05, 0) is 61.9 Å². The fraction of sp³-hybridized carbons (Fsp3) is 0.364. The molecule has 31 heavy (non-hydrogen) atoms. The van der Waals surface area contributed by atoms with Crippen LogP contribution in [0.2, 0.25) is 5.28 Å². The molecule has 0 atom stereocenters. The van der Waals surface area contributed by atoms with Crippen molar-refractivity contribution in [3.63, 3.8) is 0 Å². The summed E-state index contributed by atoms with van der Waals surface area (Å²) in [5.74, 6) is 1.31. The Labute approximate surface area is 184 Å². The highest BCUT2D eigenvalue weighted by atomic mass is 35.5. The minimum atomic E-state index is -0.999. The second kappa shape index (κ2) is 7.62. The molecule has 9 heteroatoms. The number of aromatic nitrogens is 6. The van der Waals surface area contributed by atoms with Crippen molar-refractivity contribution in [3.8, 4) is 5.69 Å². The molecule has 0 unspecified atom stereocenters. The SMILES string of the molecule is CC(C)(O)c1ccn(-c2ccccc2CNc2nc(Cl)nc3c2ncn3CC2CC2)n1. The van der Waals surface area contributed by atoms with E-state index in [0.29, 0.717) is 29.5 Å². The molecule has 1 aliphatic rings. The van der Waals surface area contributed by atoms with Gasteiger partial charge < -0.3 is 15.0 Å². The lowest BCUT2D eigenvalue weighted by Gasteiger charge is -2.14. The van der Waals surface area contributed by atoms with Gasteiger partial charge in [-0.15, -0.1) is 0 Å². The Hall–Kier alpha value is -2.97. The van der Waals surface area contributed by atoms with Crippen LogP contribution in [-0.4, -0.2) is 34.4 Å². The van der Waals surface area contributed by atoms with Crippen LogP contribution in [-0.2, 0) is 18.7 Å². The van der Waals surface area contributed by atoms with Gasteiger partial charge in [0.25, 0.3) is 0 Å². The van der Waals surface area contributed by atoms with Gasteiger partial charge in [0.1, 0.15) is 5.60 Å². The van der Waals surface area contributed by atoms with Crippen LogP contribution in [0, 0.1) is 5.92 Å². The Morgan fingerprint density at radius 2 is 2.00 bits per heavy atom. The number of imidazole rings is 1. The van der Waals surface area contributed by atoms with E-state index in [1.54, 1.807) is 18.5 Å². The van der Waals surface area contributed by atoms with Crippen molar-refractivity contribution in [2.75, 3.05) is 5.32 Å². The van der Waals surface area contributed by atoms with Crippen LogP contribution in [0.5, 0.6) is 0 Å². The molecule has 160 valence electrons. The summed E-state index contributed by atoms with van der Waals surface area (Å²) in [6.07, 6.45) is 6.17. The summed E-state index contributed by atoms with van der Waals surface area (Å²) in [7, 11) is 0. The van der Waals surface area contributed by atoms with Crippen LogP contribution >= 0.6 is 11.6 Å². The second-order valence-corrected chi connectivity index (χ2v) is 8.88. The Kier molecular flexibility index (Phi) is 4.91. The Bertz CT molecular complexity index is 1240. The summed E-state index contributed by atoms with van der Waals surface area (Å²) >= 11 is 6.22. The number of aliphatic hydroxyl groups is 1. The van der Waals surface area contributed by atoms with Crippen molar-refractivity contribution in [2.24, 2.45) is 5.92 Å². The topological polar surface area (TPSA) is 93.7 Å². The van der Waals surface area contributed by atoms with Crippen LogP contribution in [0.1, 0.15) is 37.9 Å². The van der Waals surface area contributed by atoms with Gasteiger partial charge >= 0.3 is 0 Å². The van der Waals surface area contributed by atoms with Crippen LogP contribution in [0.3, 0.4) is 0 Å². The number of benzene rings is 1. The van der Waals surface area contributed by atoms with Gasteiger partial charge in [0.15, 0.2) is 17.0 Å². The predicted molar refractivity (Wildman–Crippen MR) is 119 cm³/mol. The third-order valence-electron chi connectivity index (χ3n) is 5.49. The molecule has 1 aliphatic carbocycles. The zero-order chi connectivity index (χ0) is 21.6. The monoisotopic (exact) mass is 437 g/mol. The second-order valence-electron chi connectivity index (χ2n) is 8.54. The highest BCUT2D eigenvalue weighted by molar-refractivity contribution is 6.28. The third-order valence-corrected chi connectivity index (χ3v) is 5.66. The maximum Gasteiger partial charge on any atom is 0.226 e. The van der Waals surface area contributed by atoms with E-state index < -0.39 is 5.60 Å². The van der Waals surface area contributed by atoms with E-state index in [2.05, 4.69) is 29.9 Å². The molecular weight excluding hydrogens is 414 g/mol. The molecule has 3 heterocycles. The standard InChI is InChI=1S/C22H24ClN7O/c1-22(2,31)17-9-10-30(28-17)16-6-4-3-5-15(16)11-24-19-18-20(27-21(23)26-19)29(13-25-18)12-14-7-8-14/h3-6,9-10,13-14,31H,7-8,11-12H2,1-2H3,(H,24,26,27). The van der Waals surface area contributed by atoms with Gasteiger partial charge in [-0.1, -0.05) is 18.2 Å². The first kappa shape index (κ1) is 20.0. The van der Waals surface area contributed by atoms with E-state index in [9.17, 15) is 5.11 Å². The minimum Gasteiger partial charge on any atom is -0.384 e. The van der Waals surface area contributed by atoms with E-state index in [1.165, 1.54) is 12.8 Å². The van der Waals surface area contributed by atoms with Crippen molar-refractivity contribution in [3.05, 3.63) is 59.4 Å². The van der Waals surface area contributed by atoms with Crippen molar-refractivity contribution in [1.29, 1.82) is 0 Å². The smallest absolute Gasteiger partial charge is 0.226 e. The molecule has 3 aromatic heterocycles. The number of nitrogens with zero attached hydrogens (tertiary/aromatic N) is 6. The van der Waals surface area contributed by atoms with Gasteiger partial charge in [0.05, 0.1) is 17.7 Å². The number of para-hydroxylation sites is 1. The van der Waals surface area contributed by atoms with Crippen LogP contribution < -0.4 is 5.32 Å². The number of fused-ring (bicyclic) bond motifs is 1. The van der Waals surface area contributed by atoms with Crippen LogP contribution in [0.25, 0.3) is 16.9 Å². The summed E-state index contributed by atoms with van der Waals surface area (Å²) in [4.78, 5) is 13.3. The normalized spacial score (nSPS) is 14.3. The molecule has 1 aromatic carbocycles. The van der Waals surface area contributed by atoms with E-state index in [-0.39, 0.29) is 5.28 Å². The Morgan fingerprint density at radius 1 is 1.19 bits per heavy atom. The zero-order valence-electron chi connectivity index (χ0n) is 17.5. The molecule has 0 aliphatic heterocycles. The van der Waals surface area contributed by atoms with Gasteiger partial charge in [-0.25, -0.2) is 9.67 Å². The fourth-order valence-electron chi connectivity index (χ4n) is 3.60. The first-order chi connectivity index (χ1) is 14.9. The maximum atomic E-state index is 10.2. The number of anilines is 1. The van der Waals surface area contributed by atoms with Gasteiger partial charge in [0, 0.05) is 19.3 Å². The highest BCUT2D eigenvalue weighted by Gasteiger charge is 2.24. The average molecular weight is 438 g/mol. The molecule has 0 amide bonds. The molecular formula is C22H24ClN7O. The number of hydrogen-bond acceptors (Lipinski definition) is 6. The quantitative estimate of drug-likeness (QED) is 0.426. The summed E-state index contributed by atoms with van der Waals surface area (Å²) in [5, 5.41) is 18.3. The Morgan fingerprint density at radius 3 is 2.74 bits per heavy atom. The molecule has 4 aromatic rings. The van der Waals surface area contributed by atoms with Gasteiger partial charge in [-0.2, -0.15) is 15.1 Å². The van der Waals surface area contributed by atoms with E-state index in [4.69, 9.17) is 11.6 Å². The highest BCUT2D eigenvalue weighted by Crippen LogP contribution is 2.32. The predicted octanol–water partition coefficient (Wildman–Crippen LogP) is 3.91. The molecule has 2 N–H and O–H groups in total. The minimum absolute atomic E-state index is 0.197. The molecule has 8 nitrogen and oxygen atoms in total. The summed E-state index contributed by atoms with van der Waals surface area (Å²) in [6.45, 7) is 4.86. The molecule has 0 bridgehead atoms. The van der Waals surface area contributed by atoms with E-state index in [0.717, 1.165) is 23.4 Å². The molecule has 0 radical (unpaired) electrons. The first-order valence-electron chi connectivity index (χ1n) is 10.4. The van der Waals surface area contributed by atoms with Crippen LogP contribution in [0.4, 0.5) is 5.82 Å². The van der Waals surface area contributed by atoms with Gasteiger partial charge in [0.2, 0.25) is 5.28 Å². The number of hydrogen-bond donors (Lipinski definition) is 2. The first-order valence-corrected chi connectivity index (χ1v) is 10.8. The molecule has 0 spiro atoms. The van der Waals surface area contributed by atoms with Crippen LogP contribution in [0.15, 0.2) is 42.9 Å². The molecule has 0 saturated heterocycles. The largest absolute Gasteiger partial charge is 0.384 e. The summed E-state index contributed by atoms with van der Waals surface area (Å²) in [5.41, 5.74) is 3.02. The van der Waals surface area contributed by atoms with Crippen molar-refractivity contribution >= 4 is 28.6 Å². The lowest BCUT2D eigenvalue weighted by molar-refractivity contribution is 0.0734.